The number of fused-ring (bicyclic) bond motifs is 1. The number of nitrogens with one attached hydrogen (secondary N) is 2. The molecule has 1 amide bonds. The van der Waals surface area contributed by atoms with Crippen LogP contribution in [0.5, 0.6) is 5.75 Å². The van der Waals surface area contributed by atoms with Crippen molar-refractivity contribution in [1.29, 1.82) is 0 Å². The molecule has 202 valence electrons. The van der Waals surface area contributed by atoms with Crippen molar-refractivity contribution in [3.8, 4) is 17.0 Å². The van der Waals surface area contributed by atoms with Crippen molar-refractivity contribution < 1.29 is 13.9 Å². The number of carbonyl (C=O) groups excluding carboxylic acids is 1. The number of hydrogen-bond donors (Lipinski definition) is 2. The first-order chi connectivity index (χ1) is 18.7. The van der Waals surface area contributed by atoms with E-state index in [0.717, 1.165) is 46.5 Å². The number of methoxy groups -OCH3 is 1. The minimum atomic E-state index is -1.07. The Hall–Kier alpha value is -4.44. The van der Waals surface area contributed by atoms with Gasteiger partial charge >= 0.3 is 0 Å². The van der Waals surface area contributed by atoms with E-state index in [1.807, 2.05) is 46.3 Å². The molecule has 0 unspecified atom stereocenters. The molecule has 10 heteroatoms. The summed E-state index contributed by atoms with van der Waals surface area (Å²) in [5, 5.41) is 6.98. The zero-order chi connectivity index (χ0) is 27.8. The molecule has 3 heterocycles. The third-order valence-electron chi connectivity index (χ3n) is 7.12. The zero-order valence-electron chi connectivity index (χ0n) is 22.7. The van der Waals surface area contributed by atoms with Crippen molar-refractivity contribution in [3.05, 3.63) is 66.8 Å². The molecule has 4 aromatic rings. The van der Waals surface area contributed by atoms with Crippen molar-refractivity contribution in [1.82, 2.24) is 19.4 Å². The number of ether oxygens (including phenoxy) is 1. The second kappa shape index (κ2) is 10.4. The highest BCUT2D eigenvalue weighted by atomic mass is 19.1. The number of nitrogens with zero attached hydrogens (tertiary/aromatic N) is 5. The van der Waals surface area contributed by atoms with Crippen LogP contribution in [-0.4, -0.2) is 65.7 Å². The fraction of sp³-hybridized carbons (Fsp3) is 0.276. The zero-order valence-corrected chi connectivity index (χ0v) is 22.7. The van der Waals surface area contributed by atoms with E-state index in [4.69, 9.17) is 9.72 Å². The van der Waals surface area contributed by atoms with Gasteiger partial charge in [0.1, 0.15) is 5.75 Å². The molecular weight excluding hydrogens is 497 g/mol. The molecule has 0 aliphatic carbocycles. The lowest BCUT2D eigenvalue weighted by atomic mass is 10.0. The fourth-order valence-electron chi connectivity index (χ4n) is 4.79. The Morgan fingerprint density at radius 2 is 1.95 bits per heavy atom. The molecule has 39 heavy (non-hydrogen) atoms. The van der Waals surface area contributed by atoms with Crippen LogP contribution in [0.15, 0.2) is 61.2 Å². The lowest BCUT2D eigenvalue weighted by molar-refractivity contribution is -0.114. The Morgan fingerprint density at radius 1 is 1.21 bits per heavy atom. The SMILES string of the molecule is C=C(F)C(=O)Nc1cc(Nc2ncc(C)c(-c3cn(C)c4ccccc34)n2)c(OC)cc1N1CC(N(C)C)C1. The highest BCUT2D eigenvalue weighted by Crippen LogP contribution is 2.40. The number of hydrogen-bond acceptors (Lipinski definition) is 7. The first-order valence-corrected chi connectivity index (χ1v) is 12.6. The van der Waals surface area contributed by atoms with Gasteiger partial charge in [-0.3, -0.25) is 4.79 Å². The Labute approximate surface area is 226 Å². The minimum absolute atomic E-state index is 0.360. The maximum atomic E-state index is 13.6. The standard InChI is InChI=1S/C29H32FN7O2/c1-17-13-31-29(34-27(17)21-16-36(5)24-10-8-7-9-20(21)24)33-23-11-22(32-28(38)18(2)30)25(12-26(23)39-6)37-14-19(15-37)35(3)4/h7-13,16,19H,2,14-15H2,1,3-6H3,(H,32,38)(H,31,33,34). The maximum Gasteiger partial charge on any atom is 0.283 e. The van der Waals surface area contributed by atoms with Gasteiger partial charge in [-0.05, 0) is 38.7 Å². The summed E-state index contributed by atoms with van der Waals surface area (Å²) in [7, 11) is 7.63. The van der Waals surface area contributed by atoms with Crippen LogP contribution in [0.3, 0.4) is 0 Å². The van der Waals surface area contributed by atoms with Crippen LogP contribution in [0.4, 0.5) is 27.4 Å². The van der Waals surface area contributed by atoms with Crippen LogP contribution in [0, 0.1) is 6.92 Å². The van der Waals surface area contributed by atoms with Crippen LogP contribution >= 0.6 is 0 Å². The Balaban J connectivity index is 1.52. The molecule has 2 aromatic heterocycles. The number of amides is 1. The number of benzene rings is 2. The molecule has 1 aliphatic heterocycles. The average molecular weight is 530 g/mol. The van der Waals surface area contributed by atoms with Gasteiger partial charge < -0.3 is 29.7 Å². The van der Waals surface area contributed by atoms with E-state index >= 15 is 0 Å². The van der Waals surface area contributed by atoms with Gasteiger partial charge in [-0.2, -0.15) is 0 Å². The third-order valence-corrected chi connectivity index (χ3v) is 7.12. The summed E-state index contributed by atoms with van der Waals surface area (Å²) in [4.78, 5) is 25.8. The molecule has 0 bridgehead atoms. The lowest BCUT2D eigenvalue weighted by Crippen LogP contribution is -2.57. The van der Waals surface area contributed by atoms with Crippen molar-refractivity contribution in [2.45, 2.75) is 13.0 Å². The van der Waals surface area contributed by atoms with E-state index in [1.165, 1.54) is 0 Å². The molecule has 0 saturated carbocycles. The summed E-state index contributed by atoms with van der Waals surface area (Å²) < 4.78 is 21.4. The van der Waals surface area contributed by atoms with E-state index < -0.39 is 11.7 Å². The molecule has 1 saturated heterocycles. The Kier molecular flexibility index (Phi) is 6.96. The van der Waals surface area contributed by atoms with Gasteiger partial charge in [0.2, 0.25) is 5.95 Å². The topological polar surface area (TPSA) is 87.5 Å². The number of anilines is 4. The van der Waals surface area contributed by atoms with Crippen LogP contribution in [0.1, 0.15) is 5.56 Å². The molecule has 5 rings (SSSR count). The normalized spacial score (nSPS) is 13.5. The van der Waals surface area contributed by atoms with E-state index in [1.54, 1.807) is 19.4 Å². The number of likely N-dealkylation sites (N-methyl/N-ethyl adjacent to an activating group) is 1. The summed E-state index contributed by atoms with van der Waals surface area (Å²) in [6.07, 6.45) is 3.83. The summed E-state index contributed by atoms with van der Waals surface area (Å²) in [5.41, 5.74) is 5.53. The number of halogens is 1. The quantitative estimate of drug-likeness (QED) is 0.315. The number of aryl methyl sites for hydroxylation is 2. The second-order valence-corrected chi connectivity index (χ2v) is 9.97. The van der Waals surface area contributed by atoms with Crippen LogP contribution < -0.4 is 20.3 Å². The van der Waals surface area contributed by atoms with Gasteiger partial charge in [0.15, 0.2) is 5.83 Å². The van der Waals surface area contributed by atoms with Gasteiger partial charge in [-0.15, -0.1) is 0 Å². The first-order valence-electron chi connectivity index (χ1n) is 12.6. The van der Waals surface area contributed by atoms with Gasteiger partial charge in [0.25, 0.3) is 5.91 Å². The lowest BCUT2D eigenvalue weighted by Gasteiger charge is -2.45. The fourth-order valence-corrected chi connectivity index (χ4v) is 4.79. The number of carbonyl (C=O) groups is 1. The third kappa shape index (κ3) is 5.03. The predicted octanol–water partition coefficient (Wildman–Crippen LogP) is 4.87. The number of aromatic nitrogens is 3. The van der Waals surface area contributed by atoms with Crippen molar-refractivity contribution in [3.63, 3.8) is 0 Å². The molecule has 1 fully saturated rings. The molecule has 0 spiro atoms. The summed E-state index contributed by atoms with van der Waals surface area (Å²) >= 11 is 0. The van der Waals surface area contributed by atoms with Crippen molar-refractivity contribution >= 4 is 39.8 Å². The van der Waals surface area contributed by atoms with Gasteiger partial charge in [0, 0.05) is 61.1 Å². The predicted molar refractivity (Wildman–Crippen MR) is 154 cm³/mol. The van der Waals surface area contributed by atoms with Crippen molar-refractivity contribution in [2.75, 3.05) is 49.8 Å². The van der Waals surface area contributed by atoms with Crippen LogP contribution in [0.25, 0.3) is 22.2 Å². The highest BCUT2D eigenvalue weighted by Gasteiger charge is 2.31. The Morgan fingerprint density at radius 3 is 2.64 bits per heavy atom. The number of para-hydroxylation sites is 1. The number of rotatable bonds is 8. The van der Waals surface area contributed by atoms with Gasteiger partial charge in [0.05, 0.1) is 29.9 Å². The van der Waals surface area contributed by atoms with Crippen LogP contribution in [-0.2, 0) is 11.8 Å². The van der Waals surface area contributed by atoms with Crippen LogP contribution in [0.2, 0.25) is 0 Å². The monoisotopic (exact) mass is 529 g/mol. The molecule has 0 atom stereocenters. The average Bonchev–Trinajstić information content (AvgIpc) is 3.21. The molecule has 2 aromatic carbocycles. The molecule has 0 radical (unpaired) electrons. The summed E-state index contributed by atoms with van der Waals surface area (Å²) in [6.45, 7) is 6.63. The molecule has 2 N–H and O–H groups in total. The summed E-state index contributed by atoms with van der Waals surface area (Å²) in [5.74, 6) is -1.07. The second-order valence-electron chi connectivity index (χ2n) is 9.97. The molecular formula is C29H32FN7O2. The smallest absolute Gasteiger partial charge is 0.283 e. The molecule has 1 aliphatic rings. The van der Waals surface area contributed by atoms with E-state index in [0.29, 0.717) is 29.1 Å². The van der Waals surface area contributed by atoms with Crippen molar-refractivity contribution in [2.24, 2.45) is 7.05 Å². The minimum Gasteiger partial charge on any atom is -0.494 e. The maximum absolute atomic E-state index is 13.6. The van der Waals surface area contributed by atoms with Gasteiger partial charge in [-0.1, -0.05) is 24.8 Å². The van der Waals surface area contributed by atoms with Gasteiger partial charge in [-0.25, -0.2) is 14.4 Å². The molecule has 9 nitrogen and oxygen atoms in total. The van der Waals surface area contributed by atoms with E-state index in [2.05, 4.69) is 54.9 Å². The highest BCUT2D eigenvalue weighted by molar-refractivity contribution is 6.04. The Bertz CT molecular complexity index is 1570. The van der Waals surface area contributed by atoms with E-state index in [9.17, 15) is 9.18 Å². The van der Waals surface area contributed by atoms with E-state index in [-0.39, 0.29) is 0 Å². The summed E-state index contributed by atoms with van der Waals surface area (Å²) in [6, 6.07) is 12.1. The first kappa shape index (κ1) is 26.2. The largest absolute Gasteiger partial charge is 0.494 e.